The van der Waals surface area contributed by atoms with Crippen LogP contribution in [0.15, 0.2) is 12.1 Å². The molecule has 0 radical (unpaired) electrons. The van der Waals surface area contributed by atoms with Gasteiger partial charge in [0.2, 0.25) is 0 Å². The first-order chi connectivity index (χ1) is 12.1. The van der Waals surface area contributed by atoms with Crippen molar-refractivity contribution in [3.8, 4) is 11.5 Å². The van der Waals surface area contributed by atoms with Gasteiger partial charge in [0.15, 0.2) is 16.6 Å². The molecule has 1 aromatic rings. The van der Waals surface area contributed by atoms with Crippen LogP contribution in [-0.4, -0.2) is 60.8 Å². The van der Waals surface area contributed by atoms with Gasteiger partial charge in [-0.2, -0.15) is 0 Å². The molecule has 2 aliphatic heterocycles. The average molecular weight is 364 g/mol. The van der Waals surface area contributed by atoms with Gasteiger partial charge < -0.3 is 19.1 Å². The highest BCUT2D eigenvalue weighted by Crippen LogP contribution is 2.37. The minimum atomic E-state index is -0.217. The van der Waals surface area contributed by atoms with Crippen molar-refractivity contribution < 1.29 is 19.0 Å². The molecule has 25 heavy (non-hydrogen) atoms. The van der Waals surface area contributed by atoms with Crippen molar-refractivity contribution in [3.05, 3.63) is 23.3 Å². The summed E-state index contributed by atoms with van der Waals surface area (Å²) in [4.78, 5) is 16.5. The molecule has 0 spiro atoms. The van der Waals surface area contributed by atoms with Crippen molar-refractivity contribution in [3.63, 3.8) is 0 Å². The van der Waals surface area contributed by atoms with Crippen LogP contribution < -0.4 is 9.47 Å². The van der Waals surface area contributed by atoms with Gasteiger partial charge in [0, 0.05) is 32.7 Å². The maximum Gasteiger partial charge on any atom is 0.251 e. The van der Waals surface area contributed by atoms with Crippen LogP contribution in [0, 0.1) is 0 Å². The Morgan fingerprint density at radius 2 is 1.88 bits per heavy atom. The zero-order valence-electron chi connectivity index (χ0n) is 14.9. The fourth-order valence-electron chi connectivity index (χ4n) is 3.44. The molecule has 1 aromatic carbocycles. The molecule has 7 heteroatoms. The lowest BCUT2D eigenvalue weighted by Gasteiger charge is -2.31. The van der Waals surface area contributed by atoms with Gasteiger partial charge in [0.25, 0.3) is 5.91 Å². The van der Waals surface area contributed by atoms with E-state index in [2.05, 4.69) is 0 Å². The van der Waals surface area contributed by atoms with Gasteiger partial charge in [0.05, 0.1) is 14.2 Å². The normalized spacial score (nSPS) is 19.1. The quantitative estimate of drug-likeness (QED) is 0.545. The summed E-state index contributed by atoms with van der Waals surface area (Å²) >= 11 is 5.57. The predicted octanol–water partition coefficient (Wildman–Crippen LogP) is 1.98. The molecule has 0 bridgehead atoms. The molecule has 1 amide bonds. The monoisotopic (exact) mass is 364 g/mol. The Morgan fingerprint density at radius 1 is 1.20 bits per heavy atom. The molecule has 136 valence electrons. The number of methoxy groups -OCH3 is 2. The lowest BCUT2D eigenvalue weighted by molar-refractivity contribution is -0.128. The number of ether oxygens (including phenoxy) is 3. The van der Waals surface area contributed by atoms with E-state index in [1.165, 1.54) is 0 Å². The SMILES string of the molecule is CCOCCCN1C(=O)[C@@H]2Cc3cc(OC)c(OC)cc3CN2C1=S. The third-order valence-corrected chi connectivity index (χ3v) is 5.19. The van der Waals surface area contributed by atoms with E-state index in [9.17, 15) is 4.79 Å². The third kappa shape index (κ3) is 3.30. The first kappa shape index (κ1) is 17.9. The Bertz CT molecular complexity index is 628. The maximum atomic E-state index is 12.8. The Balaban J connectivity index is 1.78. The second kappa shape index (κ2) is 7.58. The van der Waals surface area contributed by atoms with Gasteiger partial charge in [-0.05, 0) is 48.8 Å². The molecule has 2 aliphatic rings. The predicted molar refractivity (Wildman–Crippen MR) is 98.0 cm³/mol. The lowest BCUT2D eigenvalue weighted by atomic mass is 9.94. The molecule has 1 atom stereocenters. The van der Waals surface area contributed by atoms with Gasteiger partial charge in [-0.1, -0.05) is 0 Å². The van der Waals surface area contributed by atoms with Gasteiger partial charge in [-0.25, -0.2) is 0 Å². The smallest absolute Gasteiger partial charge is 0.251 e. The Kier molecular flexibility index (Phi) is 5.44. The van der Waals surface area contributed by atoms with E-state index in [4.69, 9.17) is 26.4 Å². The fourth-order valence-corrected chi connectivity index (χ4v) is 3.81. The minimum absolute atomic E-state index is 0.0851. The largest absolute Gasteiger partial charge is 0.493 e. The summed E-state index contributed by atoms with van der Waals surface area (Å²) in [6.07, 6.45) is 1.42. The van der Waals surface area contributed by atoms with Crippen molar-refractivity contribution in [1.29, 1.82) is 0 Å². The zero-order valence-corrected chi connectivity index (χ0v) is 15.7. The molecule has 3 rings (SSSR count). The van der Waals surface area contributed by atoms with Crippen LogP contribution in [0.4, 0.5) is 0 Å². The number of amides is 1. The number of carbonyl (C=O) groups is 1. The molecule has 1 fully saturated rings. The molecule has 0 N–H and O–H groups in total. The Labute approximate surface area is 153 Å². The summed E-state index contributed by atoms with van der Waals surface area (Å²) in [6.45, 7) is 4.51. The molecule has 2 heterocycles. The minimum Gasteiger partial charge on any atom is -0.493 e. The maximum absolute atomic E-state index is 12.8. The standard InChI is InChI=1S/C18H24N2O4S/c1-4-24-7-5-6-19-17(21)14-8-12-9-15(22-2)16(23-3)10-13(12)11-20(14)18(19)25/h9-10,14H,4-8,11H2,1-3H3/t14-/m0/s1. The fraction of sp³-hybridized carbons (Fsp3) is 0.556. The first-order valence-electron chi connectivity index (χ1n) is 8.54. The summed E-state index contributed by atoms with van der Waals surface area (Å²) in [5, 5.41) is 0.618. The second-order valence-electron chi connectivity index (χ2n) is 6.15. The van der Waals surface area contributed by atoms with Gasteiger partial charge in [-0.3, -0.25) is 9.69 Å². The van der Waals surface area contributed by atoms with Crippen LogP contribution in [0.5, 0.6) is 11.5 Å². The highest BCUT2D eigenvalue weighted by atomic mass is 32.1. The number of thiocarbonyl (C=S) groups is 1. The van der Waals surface area contributed by atoms with Gasteiger partial charge >= 0.3 is 0 Å². The van der Waals surface area contributed by atoms with Crippen LogP contribution in [0.25, 0.3) is 0 Å². The third-order valence-electron chi connectivity index (χ3n) is 4.74. The Morgan fingerprint density at radius 3 is 2.52 bits per heavy atom. The molecular weight excluding hydrogens is 340 g/mol. The molecule has 6 nitrogen and oxygen atoms in total. The van der Waals surface area contributed by atoms with E-state index < -0.39 is 0 Å². The number of hydrogen-bond donors (Lipinski definition) is 0. The van der Waals surface area contributed by atoms with Crippen LogP contribution in [-0.2, 0) is 22.5 Å². The number of hydrogen-bond acceptors (Lipinski definition) is 5. The molecule has 0 unspecified atom stereocenters. The first-order valence-corrected chi connectivity index (χ1v) is 8.95. The zero-order chi connectivity index (χ0) is 18.0. The van der Waals surface area contributed by atoms with Crippen LogP contribution in [0.3, 0.4) is 0 Å². The van der Waals surface area contributed by atoms with E-state index in [1.54, 1.807) is 19.1 Å². The molecular formula is C18H24N2O4S. The summed E-state index contributed by atoms with van der Waals surface area (Å²) in [5.41, 5.74) is 2.24. The van der Waals surface area contributed by atoms with E-state index in [-0.39, 0.29) is 11.9 Å². The summed E-state index contributed by atoms with van der Waals surface area (Å²) in [6, 6.07) is 3.74. The average Bonchev–Trinajstić information content (AvgIpc) is 2.86. The number of carbonyl (C=O) groups excluding carboxylic acids is 1. The van der Waals surface area contributed by atoms with Crippen LogP contribution in [0.1, 0.15) is 24.5 Å². The second-order valence-corrected chi connectivity index (χ2v) is 6.51. The topological polar surface area (TPSA) is 51.2 Å². The highest BCUT2D eigenvalue weighted by molar-refractivity contribution is 7.80. The number of benzene rings is 1. The van der Waals surface area contributed by atoms with Crippen molar-refractivity contribution in [2.75, 3.05) is 34.0 Å². The number of nitrogens with zero attached hydrogens (tertiary/aromatic N) is 2. The van der Waals surface area contributed by atoms with Crippen molar-refractivity contribution in [2.45, 2.75) is 32.4 Å². The molecule has 0 saturated carbocycles. The van der Waals surface area contributed by atoms with Gasteiger partial charge in [-0.15, -0.1) is 0 Å². The molecule has 0 aromatic heterocycles. The highest BCUT2D eigenvalue weighted by Gasteiger charge is 2.44. The van der Waals surface area contributed by atoms with Crippen molar-refractivity contribution in [2.24, 2.45) is 0 Å². The number of fused-ring (bicyclic) bond motifs is 2. The van der Waals surface area contributed by atoms with E-state index in [1.807, 2.05) is 24.0 Å². The van der Waals surface area contributed by atoms with E-state index in [0.717, 1.165) is 17.5 Å². The summed E-state index contributed by atoms with van der Waals surface area (Å²) < 4.78 is 16.1. The molecule has 0 aliphatic carbocycles. The summed E-state index contributed by atoms with van der Waals surface area (Å²) in [5.74, 6) is 1.47. The van der Waals surface area contributed by atoms with Crippen molar-refractivity contribution in [1.82, 2.24) is 9.80 Å². The van der Waals surface area contributed by atoms with Crippen molar-refractivity contribution >= 4 is 23.2 Å². The Hall–Kier alpha value is -1.86. The van der Waals surface area contributed by atoms with E-state index in [0.29, 0.717) is 49.3 Å². The molecule has 1 saturated heterocycles. The summed E-state index contributed by atoms with van der Waals surface area (Å²) in [7, 11) is 3.25. The van der Waals surface area contributed by atoms with Gasteiger partial charge in [0.1, 0.15) is 6.04 Å². The van der Waals surface area contributed by atoms with Crippen LogP contribution >= 0.6 is 12.2 Å². The van der Waals surface area contributed by atoms with E-state index >= 15 is 0 Å². The lowest BCUT2D eigenvalue weighted by Crippen LogP contribution is -2.40. The number of rotatable bonds is 7. The van der Waals surface area contributed by atoms with Crippen LogP contribution in [0.2, 0.25) is 0 Å².